The molecule has 0 unspecified atom stereocenters. The van der Waals surface area contributed by atoms with Gasteiger partial charge in [-0.2, -0.15) is 0 Å². The molecule has 1 N–H and O–H groups in total. The summed E-state index contributed by atoms with van der Waals surface area (Å²) in [5.74, 6) is 0.0671. The van der Waals surface area contributed by atoms with E-state index < -0.39 is 9.84 Å². The number of sulfone groups is 1. The second-order valence-electron chi connectivity index (χ2n) is 6.72. The third-order valence-corrected chi connectivity index (χ3v) is 5.87. The number of Topliss-reactive ketones (excluding diaryl/α,β-unsaturated/α-hetero) is 1. The molecule has 1 heterocycles. The highest BCUT2D eigenvalue weighted by atomic mass is 32.2. The fourth-order valence-electron chi connectivity index (χ4n) is 3.17. The van der Waals surface area contributed by atoms with E-state index in [1.165, 1.54) is 12.1 Å². The number of piperidine rings is 1. The Balaban J connectivity index is 1.55. The summed E-state index contributed by atoms with van der Waals surface area (Å²) in [6.07, 6.45) is 2.41. The second-order valence-corrected chi connectivity index (χ2v) is 8.73. The van der Waals surface area contributed by atoms with Gasteiger partial charge in [-0.3, -0.25) is 4.79 Å². The molecule has 2 aromatic carbocycles. The third-order valence-electron chi connectivity index (χ3n) is 4.75. The van der Waals surface area contributed by atoms with Gasteiger partial charge >= 0.3 is 6.03 Å². The van der Waals surface area contributed by atoms with Crippen molar-refractivity contribution in [2.75, 3.05) is 24.7 Å². The molecule has 0 aromatic heterocycles. The standard InChI is InChI=1S/C20H22N2O4S/c1-27(25,26)18-9-7-17(8-10-18)21-20(24)22-13-11-16(12-14-22)19(23)15-5-3-2-4-6-15/h2-10,16H,11-14H2,1H3,(H,21,24). The van der Waals surface area contributed by atoms with Gasteiger partial charge in [-0.15, -0.1) is 0 Å². The SMILES string of the molecule is CS(=O)(=O)c1ccc(NC(=O)N2CCC(C(=O)c3ccccc3)CC2)cc1. The maximum atomic E-state index is 12.5. The molecular weight excluding hydrogens is 364 g/mol. The number of hydrogen-bond acceptors (Lipinski definition) is 4. The number of anilines is 1. The number of benzene rings is 2. The minimum atomic E-state index is -3.26. The molecule has 0 aliphatic carbocycles. The number of carbonyl (C=O) groups is 2. The van der Waals surface area contributed by atoms with Crippen LogP contribution in [0.4, 0.5) is 10.5 Å². The molecule has 0 atom stereocenters. The number of urea groups is 1. The van der Waals surface area contributed by atoms with E-state index in [9.17, 15) is 18.0 Å². The number of amides is 2. The number of nitrogens with zero attached hydrogens (tertiary/aromatic N) is 1. The predicted molar refractivity (Wildman–Crippen MR) is 104 cm³/mol. The Morgan fingerprint density at radius 2 is 1.56 bits per heavy atom. The van der Waals surface area contributed by atoms with Crippen molar-refractivity contribution in [1.82, 2.24) is 4.90 Å². The van der Waals surface area contributed by atoms with Gasteiger partial charge in [0.05, 0.1) is 4.90 Å². The number of hydrogen-bond donors (Lipinski definition) is 1. The van der Waals surface area contributed by atoms with Gasteiger partial charge < -0.3 is 10.2 Å². The van der Waals surface area contributed by atoms with Crippen molar-refractivity contribution in [1.29, 1.82) is 0 Å². The molecule has 0 radical (unpaired) electrons. The lowest BCUT2D eigenvalue weighted by atomic mass is 9.89. The zero-order valence-electron chi connectivity index (χ0n) is 15.1. The summed E-state index contributed by atoms with van der Waals surface area (Å²) in [4.78, 5) is 26.8. The van der Waals surface area contributed by atoms with Gasteiger partial charge in [-0.1, -0.05) is 30.3 Å². The molecule has 0 spiro atoms. The van der Waals surface area contributed by atoms with Crippen LogP contribution in [-0.2, 0) is 9.84 Å². The van der Waals surface area contributed by atoms with Gasteiger partial charge in [0.2, 0.25) is 0 Å². The zero-order valence-corrected chi connectivity index (χ0v) is 15.9. The van der Waals surface area contributed by atoms with Crippen LogP contribution < -0.4 is 5.32 Å². The molecular formula is C20H22N2O4S. The Hall–Kier alpha value is -2.67. The molecule has 2 amide bonds. The second kappa shape index (κ2) is 7.92. The smallest absolute Gasteiger partial charge is 0.321 e. The Morgan fingerprint density at radius 1 is 0.963 bits per heavy atom. The number of rotatable bonds is 4. The minimum Gasteiger partial charge on any atom is -0.324 e. The predicted octanol–water partition coefficient (Wildman–Crippen LogP) is 3.22. The average molecular weight is 386 g/mol. The fourth-order valence-corrected chi connectivity index (χ4v) is 3.80. The Bertz CT molecular complexity index is 916. The van der Waals surface area contributed by atoms with Gasteiger partial charge in [0.15, 0.2) is 15.6 Å². The highest BCUT2D eigenvalue weighted by molar-refractivity contribution is 7.90. The number of ketones is 1. The third kappa shape index (κ3) is 4.74. The van der Waals surface area contributed by atoms with E-state index in [0.717, 1.165) is 6.26 Å². The van der Waals surface area contributed by atoms with Crippen molar-refractivity contribution in [3.05, 3.63) is 60.2 Å². The molecule has 7 heteroatoms. The molecule has 0 saturated carbocycles. The minimum absolute atomic E-state index is 0.0644. The van der Waals surface area contributed by atoms with Gasteiger partial charge in [-0.05, 0) is 37.1 Å². The van der Waals surface area contributed by atoms with Crippen molar-refractivity contribution in [2.45, 2.75) is 17.7 Å². The van der Waals surface area contributed by atoms with E-state index in [1.807, 2.05) is 30.3 Å². The van der Waals surface area contributed by atoms with Crippen LogP contribution in [0.5, 0.6) is 0 Å². The van der Waals surface area contributed by atoms with Crippen molar-refractivity contribution in [3.8, 4) is 0 Å². The van der Waals surface area contributed by atoms with E-state index in [0.29, 0.717) is 37.2 Å². The summed E-state index contributed by atoms with van der Waals surface area (Å²) < 4.78 is 23.0. The van der Waals surface area contributed by atoms with E-state index in [-0.39, 0.29) is 22.6 Å². The molecule has 1 saturated heterocycles. The van der Waals surface area contributed by atoms with Crippen LogP contribution in [0.1, 0.15) is 23.2 Å². The first-order chi connectivity index (χ1) is 12.8. The molecule has 3 rings (SSSR count). The average Bonchev–Trinajstić information content (AvgIpc) is 2.68. The van der Waals surface area contributed by atoms with Gasteiger partial charge in [-0.25, -0.2) is 13.2 Å². The first-order valence-corrected chi connectivity index (χ1v) is 10.7. The Kier molecular flexibility index (Phi) is 5.60. The lowest BCUT2D eigenvalue weighted by Crippen LogP contribution is -2.42. The van der Waals surface area contributed by atoms with Crippen LogP contribution in [0.25, 0.3) is 0 Å². The maximum Gasteiger partial charge on any atom is 0.321 e. The van der Waals surface area contributed by atoms with E-state index in [1.54, 1.807) is 17.0 Å². The topological polar surface area (TPSA) is 83.6 Å². The molecule has 6 nitrogen and oxygen atoms in total. The summed E-state index contributed by atoms with van der Waals surface area (Å²) in [6, 6.07) is 15.1. The van der Waals surface area contributed by atoms with Crippen molar-refractivity contribution in [3.63, 3.8) is 0 Å². The maximum absolute atomic E-state index is 12.5. The lowest BCUT2D eigenvalue weighted by Gasteiger charge is -2.31. The van der Waals surface area contributed by atoms with Crippen LogP contribution in [-0.4, -0.2) is 44.5 Å². The van der Waals surface area contributed by atoms with Crippen LogP contribution in [0.3, 0.4) is 0 Å². The summed E-state index contributed by atoms with van der Waals surface area (Å²) in [6.45, 7) is 1.02. The normalized spacial score (nSPS) is 15.4. The van der Waals surface area contributed by atoms with Crippen LogP contribution in [0.15, 0.2) is 59.5 Å². The van der Waals surface area contributed by atoms with E-state index in [4.69, 9.17) is 0 Å². The molecule has 2 aromatic rings. The fraction of sp³-hybridized carbons (Fsp3) is 0.300. The monoisotopic (exact) mass is 386 g/mol. The molecule has 142 valence electrons. The molecule has 1 fully saturated rings. The van der Waals surface area contributed by atoms with Crippen LogP contribution >= 0.6 is 0 Å². The van der Waals surface area contributed by atoms with E-state index in [2.05, 4.69) is 5.32 Å². The first-order valence-electron chi connectivity index (χ1n) is 8.80. The summed E-state index contributed by atoms with van der Waals surface area (Å²) in [5, 5.41) is 2.77. The molecule has 0 bridgehead atoms. The van der Waals surface area contributed by atoms with Crippen molar-refractivity contribution in [2.24, 2.45) is 5.92 Å². The molecule has 1 aliphatic rings. The Morgan fingerprint density at radius 3 is 2.11 bits per heavy atom. The van der Waals surface area contributed by atoms with Crippen molar-refractivity contribution < 1.29 is 18.0 Å². The number of nitrogens with one attached hydrogen (secondary N) is 1. The summed E-state index contributed by atoms with van der Waals surface area (Å²) >= 11 is 0. The van der Waals surface area contributed by atoms with Crippen molar-refractivity contribution >= 4 is 27.3 Å². The zero-order chi connectivity index (χ0) is 19.4. The first kappa shape index (κ1) is 19.1. The number of carbonyl (C=O) groups excluding carboxylic acids is 2. The molecule has 1 aliphatic heterocycles. The quantitative estimate of drug-likeness (QED) is 0.818. The summed E-state index contributed by atoms with van der Waals surface area (Å²) in [5.41, 5.74) is 1.25. The van der Waals surface area contributed by atoms with E-state index >= 15 is 0 Å². The van der Waals surface area contributed by atoms with Gasteiger partial charge in [0, 0.05) is 36.5 Å². The van der Waals surface area contributed by atoms with Gasteiger partial charge in [0.1, 0.15) is 0 Å². The highest BCUT2D eigenvalue weighted by Gasteiger charge is 2.27. The highest BCUT2D eigenvalue weighted by Crippen LogP contribution is 2.22. The number of likely N-dealkylation sites (tertiary alicyclic amines) is 1. The summed E-state index contributed by atoms with van der Waals surface area (Å²) in [7, 11) is -3.26. The molecule has 27 heavy (non-hydrogen) atoms. The van der Waals surface area contributed by atoms with Crippen LogP contribution in [0.2, 0.25) is 0 Å². The lowest BCUT2D eigenvalue weighted by molar-refractivity contribution is 0.0859. The Labute approximate surface area is 159 Å². The largest absolute Gasteiger partial charge is 0.324 e. The van der Waals surface area contributed by atoms with Gasteiger partial charge in [0.25, 0.3) is 0 Å². The van der Waals surface area contributed by atoms with Crippen LogP contribution in [0, 0.1) is 5.92 Å².